The van der Waals surface area contributed by atoms with Crippen LogP contribution >= 0.6 is 11.3 Å². The number of nitrogens with one attached hydrogen (secondary N) is 1. The summed E-state index contributed by atoms with van der Waals surface area (Å²) in [5, 5.41) is 12.8. The molecule has 6 nitrogen and oxygen atoms in total. The number of fused-ring (bicyclic) bond motifs is 1. The molecule has 7 heteroatoms. The normalized spacial score (nSPS) is 18.5. The van der Waals surface area contributed by atoms with Crippen molar-refractivity contribution in [1.82, 2.24) is 14.7 Å². The van der Waals surface area contributed by atoms with Crippen molar-refractivity contribution in [2.45, 2.75) is 51.5 Å². The van der Waals surface area contributed by atoms with Crippen molar-refractivity contribution in [2.75, 3.05) is 6.61 Å². The summed E-state index contributed by atoms with van der Waals surface area (Å²) in [5.41, 5.74) is -1.07. The minimum Gasteiger partial charge on any atom is -0.394 e. The summed E-state index contributed by atoms with van der Waals surface area (Å²) in [6.07, 6.45) is 8.42. The molecule has 0 saturated heterocycles. The lowest BCUT2D eigenvalue weighted by Crippen LogP contribution is -2.55. The van der Waals surface area contributed by atoms with Gasteiger partial charge in [-0.25, -0.2) is 4.98 Å². The van der Waals surface area contributed by atoms with E-state index in [0.717, 1.165) is 30.6 Å². The fourth-order valence-electron chi connectivity index (χ4n) is 3.49. The van der Waals surface area contributed by atoms with E-state index in [4.69, 9.17) is 0 Å². The predicted molar refractivity (Wildman–Crippen MR) is 93.6 cm³/mol. The zero-order valence-electron chi connectivity index (χ0n) is 14.0. The Kier molecular flexibility index (Phi) is 4.73. The van der Waals surface area contributed by atoms with E-state index in [1.165, 1.54) is 28.4 Å². The lowest BCUT2D eigenvalue weighted by atomic mass is 9.76. The van der Waals surface area contributed by atoms with E-state index in [2.05, 4.69) is 10.3 Å². The first-order chi connectivity index (χ1) is 11.4. The molecule has 0 aromatic carbocycles. The Morgan fingerprint density at radius 3 is 2.83 bits per heavy atom. The van der Waals surface area contributed by atoms with Crippen molar-refractivity contribution in [2.24, 2.45) is 5.92 Å². The quantitative estimate of drug-likeness (QED) is 0.886. The van der Waals surface area contributed by atoms with E-state index in [9.17, 15) is 14.7 Å². The molecule has 24 heavy (non-hydrogen) atoms. The monoisotopic (exact) mass is 349 g/mol. The molecule has 3 rings (SSSR count). The number of carbonyl (C=O) groups excluding carboxylic acids is 1. The smallest absolute Gasteiger partial charge is 0.271 e. The number of aryl methyl sites for hydroxylation is 1. The first-order valence-electron chi connectivity index (χ1n) is 8.36. The highest BCUT2D eigenvalue weighted by molar-refractivity contribution is 7.16. The zero-order valence-corrected chi connectivity index (χ0v) is 14.9. The average Bonchev–Trinajstić information content (AvgIpc) is 2.97. The molecule has 1 fully saturated rings. The Hall–Kier alpha value is -1.73. The fraction of sp³-hybridized carbons (Fsp3) is 0.588. The molecule has 1 aliphatic rings. The van der Waals surface area contributed by atoms with Gasteiger partial charge in [-0.05, 0) is 32.6 Å². The maximum absolute atomic E-state index is 12.7. The van der Waals surface area contributed by atoms with Gasteiger partial charge in [0.1, 0.15) is 5.56 Å². The van der Waals surface area contributed by atoms with Gasteiger partial charge in [-0.2, -0.15) is 0 Å². The molecule has 0 aliphatic heterocycles. The second-order valence-corrected chi connectivity index (χ2v) is 8.05. The minimum absolute atomic E-state index is 0.0146. The van der Waals surface area contributed by atoms with Gasteiger partial charge in [0.25, 0.3) is 11.5 Å². The summed E-state index contributed by atoms with van der Waals surface area (Å²) in [6.45, 7) is 3.61. The largest absolute Gasteiger partial charge is 0.394 e. The van der Waals surface area contributed by atoms with Crippen LogP contribution in [0.4, 0.5) is 0 Å². The Labute approximate surface area is 144 Å². The number of nitrogens with zero attached hydrogens (tertiary/aromatic N) is 2. The Morgan fingerprint density at radius 2 is 2.17 bits per heavy atom. The van der Waals surface area contributed by atoms with Crippen LogP contribution in [0.2, 0.25) is 0 Å². The minimum atomic E-state index is -0.714. The first kappa shape index (κ1) is 17.1. The number of thiazole rings is 1. The van der Waals surface area contributed by atoms with Gasteiger partial charge in [-0.15, -0.1) is 11.3 Å². The van der Waals surface area contributed by atoms with E-state index >= 15 is 0 Å². The lowest BCUT2D eigenvalue weighted by molar-refractivity contribution is 0.0678. The number of aliphatic hydroxyl groups excluding tert-OH is 1. The maximum atomic E-state index is 12.7. The van der Waals surface area contributed by atoms with Crippen LogP contribution in [0.1, 0.15) is 54.3 Å². The Bertz CT molecular complexity index is 807. The van der Waals surface area contributed by atoms with Crippen LogP contribution in [0, 0.1) is 12.8 Å². The van der Waals surface area contributed by atoms with Gasteiger partial charge in [0.15, 0.2) is 4.96 Å². The summed E-state index contributed by atoms with van der Waals surface area (Å²) < 4.78 is 1.41. The van der Waals surface area contributed by atoms with Gasteiger partial charge in [0.05, 0.1) is 12.1 Å². The van der Waals surface area contributed by atoms with Gasteiger partial charge in [-0.1, -0.05) is 19.3 Å². The molecule has 2 N–H and O–H groups in total. The van der Waals surface area contributed by atoms with E-state index < -0.39 is 11.4 Å². The molecule has 0 unspecified atom stereocenters. The van der Waals surface area contributed by atoms with Crippen LogP contribution in [-0.4, -0.2) is 32.5 Å². The number of aromatic nitrogens is 2. The number of aliphatic hydroxyl groups is 1. The topological polar surface area (TPSA) is 83.7 Å². The van der Waals surface area contributed by atoms with E-state index in [1.807, 2.05) is 13.8 Å². The molecule has 130 valence electrons. The van der Waals surface area contributed by atoms with Crippen molar-refractivity contribution >= 4 is 22.2 Å². The standard InChI is InChI=1S/C17H23N3O3S/c1-11-9-20-15(23)13(8-18-16(20)24-11)14(22)19-17(2,10-21)12-6-4-3-5-7-12/h8-9,12,21H,3-7,10H2,1-2H3,(H,19,22)/t17-/m1/s1. The van der Waals surface area contributed by atoms with E-state index in [-0.39, 0.29) is 23.6 Å². The second-order valence-electron chi connectivity index (χ2n) is 6.84. The van der Waals surface area contributed by atoms with Crippen molar-refractivity contribution in [3.63, 3.8) is 0 Å². The van der Waals surface area contributed by atoms with Crippen molar-refractivity contribution in [3.05, 3.63) is 33.2 Å². The third-order valence-corrected chi connectivity index (χ3v) is 5.91. The molecule has 0 radical (unpaired) electrons. The molecule has 1 aliphatic carbocycles. The molecule has 2 aromatic heterocycles. The van der Waals surface area contributed by atoms with Crippen LogP contribution in [0.5, 0.6) is 0 Å². The third kappa shape index (κ3) is 3.10. The van der Waals surface area contributed by atoms with E-state index in [1.54, 1.807) is 6.20 Å². The number of hydrogen-bond acceptors (Lipinski definition) is 5. The SMILES string of the molecule is Cc1cn2c(=O)c(C(=O)N[C@](C)(CO)C3CCCCC3)cnc2s1. The molecular formula is C17H23N3O3S. The van der Waals surface area contributed by atoms with Crippen molar-refractivity contribution < 1.29 is 9.90 Å². The number of rotatable bonds is 4. The summed E-state index contributed by atoms with van der Waals surface area (Å²) in [6, 6.07) is 0. The van der Waals surface area contributed by atoms with E-state index in [0.29, 0.717) is 4.96 Å². The molecule has 2 aromatic rings. The third-order valence-electron chi connectivity index (χ3n) is 5.00. The van der Waals surface area contributed by atoms with Gasteiger partial charge in [0.2, 0.25) is 0 Å². The van der Waals surface area contributed by atoms with Crippen molar-refractivity contribution in [1.29, 1.82) is 0 Å². The molecule has 2 heterocycles. The van der Waals surface area contributed by atoms with Gasteiger partial charge in [0, 0.05) is 17.3 Å². The summed E-state index contributed by atoms with van der Waals surface area (Å²) in [5.74, 6) is -0.240. The van der Waals surface area contributed by atoms with Crippen LogP contribution in [0.25, 0.3) is 4.96 Å². The highest BCUT2D eigenvalue weighted by Crippen LogP contribution is 2.32. The molecule has 1 saturated carbocycles. The first-order valence-corrected chi connectivity index (χ1v) is 9.17. The molecule has 0 spiro atoms. The maximum Gasteiger partial charge on any atom is 0.271 e. The van der Waals surface area contributed by atoms with Gasteiger partial charge < -0.3 is 10.4 Å². The van der Waals surface area contributed by atoms with Crippen LogP contribution in [0.3, 0.4) is 0 Å². The summed E-state index contributed by atoms with van der Waals surface area (Å²) in [7, 11) is 0. The number of hydrogen-bond donors (Lipinski definition) is 2. The fourth-order valence-corrected chi connectivity index (χ4v) is 4.27. The zero-order chi connectivity index (χ0) is 17.3. The summed E-state index contributed by atoms with van der Waals surface area (Å²) in [4.78, 5) is 30.9. The molecule has 1 amide bonds. The number of amides is 1. The number of carbonyl (C=O) groups is 1. The highest BCUT2D eigenvalue weighted by atomic mass is 32.1. The molecule has 0 bridgehead atoms. The van der Waals surface area contributed by atoms with Crippen LogP contribution in [-0.2, 0) is 0 Å². The van der Waals surface area contributed by atoms with Gasteiger partial charge >= 0.3 is 0 Å². The Morgan fingerprint density at radius 1 is 1.46 bits per heavy atom. The second kappa shape index (κ2) is 6.64. The van der Waals surface area contributed by atoms with Crippen LogP contribution in [0.15, 0.2) is 17.2 Å². The Balaban J connectivity index is 1.88. The molecule has 1 atom stereocenters. The lowest BCUT2D eigenvalue weighted by Gasteiger charge is -2.39. The predicted octanol–water partition coefficient (Wildman–Crippen LogP) is 2.13. The molecular weight excluding hydrogens is 326 g/mol. The average molecular weight is 349 g/mol. The van der Waals surface area contributed by atoms with Gasteiger partial charge in [-0.3, -0.25) is 14.0 Å². The summed E-state index contributed by atoms with van der Waals surface area (Å²) >= 11 is 1.41. The highest BCUT2D eigenvalue weighted by Gasteiger charge is 2.36. The van der Waals surface area contributed by atoms with Crippen LogP contribution < -0.4 is 10.9 Å². The van der Waals surface area contributed by atoms with Crippen molar-refractivity contribution in [3.8, 4) is 0 Å².